The van der Waals surface area contributed by atoms with Crippen LogP contribution in [0.15, 0.2) is 65.2 Å². The molecule has 0 unspecified atom stereocenters. The van der Waals surface area contributed by atoms with Crippen molar-refractivity contribution in [2.75, 3.05) is 13.1 Å². The normalized spacial score (nSPS) is 16.6. The lowest BCUT2D eigenvalue weighted by atomic mass is 9.97. The molecule has 1 atom stereocenters. The zero-order chi connectivity index (χ0) is 18.6. The van der Waals surface area contributed by atoms with E-state index in [4.69, 9.17) is 4.52 Å². The van der Waals surface area contributed by atoms with Crippen molar-refractivity contribution < 1.29 is 14.4 Å². The molecular weight excluding hydrogens is 340 g/mol. The third kappa shape index (κ3) is 3.93. The quantitative estimate of drug-likeness (QED) is 0.754. The Balaban J connectivity index is 1.40. The third-order valence-electron chi connectivity index (χ3n) is 5.06. The number of carbonyl (C=O) groups excluding carboxylic acids is 1. The maximum absolute atomic E-state index is 12.7. The van der Waals surface area contributed by atoms with E-state index in [0.717, 1.165) is 30.5 Å². The van der Waals surface area contributed by atoms with Crippen LogP contribution in [0.5, 0.6) is 0 Å². The first kappa shape index (κ1) is 17.5. The second-order valence-electron chi connectivity index (χ2n) is 7.03. The van der Waals surface area contributed by atoms with Crippen LogP contribution in [-0.4, -0.2) is 34.2 Å². The number of hydrogen-bond acceptors (Lipinski definition) is 4. The van der Waals surface area contributed by atoms with Gasteiger partial charge in [0, 0.05) is 24.7 Å². The topological polar surface area (TPSA) is 66.6 Å². The molecule has 3 aromatic rings. The first-order valence-corrected chi connectivity index (χ1v) is 9.23. The van der Waals surface area contributed by atoms with Crippen molar-refractivity contribution >= 4 is 5.91 Å². The van der Waals surface area contributed by atoms with Crippen LogP contribution in [0.25, 0.3) is 11.3 Å². The first-order chi connectivity index (χ1) is 13.2. The number of carbonyl (C=O) groups is 1. The fraction of sp³-hybridized carbons (Fsp3) is 0.273. The Kier molecular flexibility index (Phi) is 5.03. The van der Waals surface area contributed by atoms with E-state index in [1.54, 1.807) is 6.07 Å². The molecule has 1 aliphatic heterocycles. The number of nitrogens with zero attached hydrogens (tertiary/aromatic N) is 2. The number of aromatic nitrogens is 1. The van der Waals surface area contributed by atoms with E-state index < -0.39 is 0 Å². The minimum absolute atomic E-state index is 0.0539. The highest BCUT2D eigenvalue weighted by atomic mass is 16.5. The zero-order valence-electron chi connectivity index (χ0n) is 15.0. The van der Waals surface area contributed by atoms with Gasteiger partial charge in [0.2, 0.25) is 5.76 Å². The van der Waals surface area contributed by atoms with E-state index in [2.05, 4.69) is 11.2 Å². The Hall–Kier alpha value is -2.92. The smallest absolute Gasteiger partial charge is 0.292 e. The molecule has 1 aromatic heterocycles. The number of hydrogen-bond donors (Lipinski definition) is 1. The largest absolute Gasteiger partial charge is 0.392 e. The molecule has 5 nitrogen and oxygen atoms in total. The van der Waals surface area contributed by atoms with Crippen molar-refractivity contribution in [3.05, 3.63) is 77.6 Å². The second kappa shape index (κ2) is 7.76. The predicted octanol–water partition coefficient (Wildman–Crippen LogP) is 3.54. The van der Waals surface area contributed by atoms with Gasteiger partial charge in [-0.3, -0.25) is 4.79 Å². The summed E-state index contributed by atoms with van der Waals surface area (Å²) in [6.45, 7) is 1.49. The molecule has 1 saturated heterocycles. The van der Waals surface area contributed by atoms with Crippen molar-refractivity contribution in [1.82, 2.24) is 10.1 Å². The average Bonchev–Trinajstić information content (AvgIpc) is 3.38. The van der Waals surface area contributed by atoms with E-state index in [9.17, 15) is 9.90 Å². The Morgan fingerprint density at radius 1 is 1.11 bits per heavy atom. The highest BCUT2D eigenvalue weighted by Gasteiger charge is 2.29. The van der Waals surface area contributed by atoms with Crippen molar-refractivity contribution in [1.29, 1.82) is 0 Å². The lowest BCUT2D eigenvalue weighted by molar-refractivity contribution is 0.0745. The van der Waals surface area contributed by atoms with Crippen LogP contribution < -0.4 is 0 Å². The molecule has 0 bridgehead atoms. The standard InChI is InChI=1S/C22H22N2O3/c25-15-18-6-4-5-16(12-18)11-17-9-10-24(14-17)22(26)21-13-20(23-27-21)19-7-2-1-3-8-19/h1-8,12-13,17,25H,9-11,14-15H2/t17-/m0/s1. The molecule has 0 radical (unpaired) electrons. The number of aliphatic hydroxyl groups excluding tert-OH is 1. The maximum Gasteiger partial charge on any atom is 0.292 e. The summed E-state index contributed by atoms with van der Waals surface area (Å²) in [5, 5.41) is 13.3. The zero-order valence-corrected chi connectivity index (χ0v) is 15.0. The van der Waals surface area contributed by atoms with Crippen LogP contribution >= 0.6 is 0 Å². The molecule has 138 valence electrons. The maximum atomic E-state index is 12.7. The minimum Gasteiger partial charge on any atom is -0.392 e. The average molecular weight is 362 g/mol. The molecule has 1 N–H and O–H groups in total. The highest BCUT2D eigenvalue weighted by Crippen LogP contribution is 2.25. The van der Waals surface area contributed by atoms with Crippen LogP contribution in [-0.2, 0) is 13.0 Å². The Bertz CT molecular complexity index is 920. The van der Waals surface area contributed by atoms with Gasteiger partial charge in [-0.05, 0) is 29.9 Å². The Morgan fingerprint density at radius 2 is 1.93 bits per heavy atom. The SMILES string of the molecule is O=C(c1cc(-c2ccccc2)no1)N1CC[C@@H](Cc2cccc(CO)c2)C1. The fourth-order valence-corrected chi connectivity index (χ4v) is 3.65. The van der Waals surface area contributed by atoms with Crippen LogP contribution in [0.3, 0.4) is 0 Å². The van der Waals surface area contributed by atoms with Gasteiger partial charge in [0.05, 0.1) is 6.61 Å². The number of benzene rings is 2. The molecule has 1 aliphatic rings. The Labute approximate surface area is 158 Å². The van der Waals surface area contributed by atoms with Crippen LogP contribution in [0, 0.1) is 5.92 Å². The van der Waals surface area contributed by atoms with E-state index in [0.29, 0.717) is 18.2 Å². The summed E-state index contributed by atoms with van der Waals surface area (Å²) in [6.07, 6.45) is 1.87. The molecule has 5 heteroatoms. The summed E-state index contributed by atoms with van der Waals surface area (Å²) in [7, 11) is 0. The molecule has 27 heavy (non-hydrogen) atoms. The van der Waals surface area contributed by atoms with Crippen molar-refractivity contribution in [3.63, 3.8) is 0 Å². The number of amides is 1. The van der Waals surface area contributed by atoms with Crippen LogP contribution in [0.2, 0.25) is 0 Å². The summed E-state index contributed by atoms with van der Waals surface area (Å²) in [4.78, 5) is 14.6. The summed E-state index contributed by atoms with van der Waals surface area (Å²) in [6, 6.07) is 19.4. The van der Waals surface area contributed by atoms with Gasteiger partial charge in [-0.25, -0.2) is 0 Å². The minimum atomic E-state index is -0.101. The summed E-state index contributed by atoms with van der Waals surface area (Å²) in [5.41, 5.74) is 3.74. The summed E-state index contributed by atoms with van der Waals surface area (Å²) < 4.78 is 5.31. The Morgan fingerprint density at radius 3 is 2.74 bits per heavy atom. The molecule has 0 aliphatic carbocycles. The summed E-state index contributed by atoms with van der Waals surface area (Å²) in [5.74, 6) is 0.604. The van der Waals surface area contributed by atoms with Gasteiger partial charge in [0.25, 0.3) is 5.91 Å². The van der Waals surface area contributed by atoms with Crippen LogP contribution in [0.1, 0.15) is 28.1 Å². The second-order valence-corrected chi connectivity index (χ2v) is 7.03. The molecule has 0 spiro atoms. The molecule has 4 rings (SSSR count). The number of likely N-dealkylation sites (tertiary alicyclic amines) is 1. The summed E-state index contributed by atoms with van der Waals surface area (Å²) >= 11 is 0. The van der Waals surface area contributed by atoms with E-state index >= 15 is 0 Å². The highest BCUT2D eigenvalue weighted by molar-refractivity contribution is 5.92. The molecule has 2 heterocycles. The van der Waals surface area contributed by atoms with E-state index in [1.165, 1.54) is 5.56 Å². The number of rotatable bonds is 5. The molecule has 1 fully saturated rings. The first-order valence-electron chi connectivity index (χ1n) is 9.23. The molecule has 2 aromatic carbocycles. The lowest BCUT2D eigenvalue weighted by Gasteiger charge is -2.15. The van der Waals surface area contributed by atoms with Gasteiger partial charge in [0.1, 0.15) is 5.69 Å². The molecule has 1 amide bonds. The third-order valence-corrected chi connectivity index (χ3v) is 5.06. The van der Waals surface area contributed by atoms with Gasteiger partial charge < -0.3 is 14.5 Å². The van der Waals surface area contributed by atoms with Crippen molar-refractivity contribution in [2.24, 2.45) is 5.92 Å². The van der Waals surface area contributed by atoms with Gasteiger partial charge >= 0.3 is 0 Å². The van der Waals surface area contributed by atoms with E-state index in [1.807, 2.05) is 53.4 Å². The van der Waals surface area contributed by atoms with Gasteiger partial charge in [0.15, 0.2) is 0 Å². The van der Waals surface area contributed by atoms with Gasteiger partial charge in [-0.2, -0.15) is 0 Å². The predicted molar refractivity (Wildman–Crippen MR) is 102 cm³/mol. The van der Waals surface area contributed by atoms with Crippen molar-refractivity contribution in [3.8, 4) is 11.3 Å². The van der Waals surface area contributed by atoms with Gasteiger partial charge in [-0.1, -0.05) is 59.8 Å². The van der Waals surface area contributed by atoms with Crippen LogP contribution in [0.4, 0.5) is 0 Å². The lowest BCUT2D eigenvalue weighted by Crippen LogP contribution is -2.28. The molecule has 0 saturated carbocycles. The molecular formula is C22H22N2O3. The monoisotopic (exact) mass is 362 g/mol. The number of aliphatic hydroxyl groups is 1. The van der Waals surface area contributed by atoms with E-state index in [-0.39, 0.29) is 18.3 Å². The van der Waals surface area contributed by atoms with Gasteiger partial charge in [-0.15, -0.1) is 0 Å². The van der Waals surface area contributed by atoms with Crippen molar-refractivity contribution in [2.45, 2.75) is 19.4 Å². The fourth-order valence-electron chi connectivity index (χ4n) is 3.65.